The standard InChI is InChI=1S/C10H12N2O2/c1-9(2)10(3,4)14-8(6-12)7(5-11)13-9/h1-4H3. The zero-order valence-electron chi connectivity index (χ0n) is 8.71. The number of nitriles is 2. The highest BCUT2D eigenvalue weighted by molar-refractivity contribution is 5.31. The molecule has 4 heteroatoms. The second-order valence-corrected chi connectivity index (χ2v) is 4.11. The van der Waals surface area contributed by atoms with Crippen LogP contribution in [0, 0.1) is 22.7 Å². The molecule has 1 rings (SSSR count). The molecule has 0 fully saturated rings. The first kappa shape index (κ1) is 10.4. The lowest BCUT2D eigenvalue weighted by molar-refractivity contribution is -0.160. The first-order valence-corrected chi connectivity index (χ1v) is 4.26. The molecular weight excluding hydrogens is 180 g/mol. The Bertz CT molecular complexity index is 331. The summed E-state index contributed by atoms with van der Waals surface area (Å²) in [5.74, 6) is -0.0892. The van der Waals surface area contributed by atoms with Crippen LogP contribution >= 0.6 is 0 Å². The zero-order valence-corrected chi connectivity index (χ0v) is 8.71. The van der Waals surface area contributed by atoms with Gasteiger partial charge in [-0.15, -0.1) is 0 Å². The van der Waals surface area contributed by atoms with Gasteiger partial charge in [-0.3, -0.25) is 0 Å². The van der Waals surface area contributed by atoms with E-state index in [0.717, 1.165) is 0 Å². The molecular formula is C10H12N2O2. The first-order chi connectivity index (χ1) is 6.34. The minimum absolute atomic E-state index is 0.0446. The van der Waals surface area contributed by atoms with Crippen LogP contribution in [-0.4, -0.2) is 11.2 Å². The van der Waals surface area contributed by atoms with Crippen molar-refractivity contribution in [2.75, 3.05) is 0 Å². The SMILES string of the molecule is CC1(C)OC(C#N)=C(C#N)OC1(C)C. The van der Waals surface area contributed by atoms with Crippen LogP contribution in [-0.2, 0) is 9.47 Å². The van der Waals surface area contributed by atoms with E-state index < -0.39 is 11.2 Å². The summed E-state index contributed by atoms with van der Waals surface area (Å²) in [5.41, 5.74) is -1.25. The van der Waals surface area contributed by atoms with E-state index in [2.05, 4.69) is 0 Å². The van der Waals surface area contributed by atoms with Crippen molar-refractivity contribution in [1.29, 1.82) is 10.5 Å². The summed E-state index contributed by atoms with van der Waals surface area (Å²) in [4.78, 5) is 0. The molecule has 0 saturated carbocycles. The fraction of sp³-hybridized carbons (Fsp3) is 0.600. The van der Waals surface area contributed by atoms with E-state index in [4.69, 9.17) is 20.0 Å². The minimum atomic E-state index is -0.627. The normalized spacial score (nSPS) is 22.7. The van der Waals surface area contributed by atoms with E-state index >= 15 is 0 Å². The molecule has 0 saturated heterocycles. The molecule has 14 heavy (non-hydrogen) atoms. The number of hydrogen-bond donors (Lipinski definition) is 0. The molecule has 0 aromatic heterocycles. The Balaban J connectivity index is 3.19. The van der Waals surface area contributed by atoms with Crippen LogP contribution in [0.5, 0.6) is 0 Å². The molecule has 0 aromatic rings. The van der Waals surface area contributed by atoms with Crippen molar-refractivity contribution in [1.82, 2.24) is 0 Å². The fourth-order valence-electron chi connectivity index (χ4n) is 0.996. The van der Waals surface area contributed by atoms with Crippen molar-refractivity contribution in [2.24, 2.45) is 0 Å². The van der Waals surface area contributed by atoms with E-state index in [-0.39, 0.29) is 11.5 Å². The van der Waals surface area contributed by atoms with Gasteiger partial charge in [-0.1, -0.05) is 0 Å². The Hall–Kier alpha value is -1.68. The van der Waals surface area contributed by atoms with Crippen molar-refractivity contribution in [3.63, 3.8) is 0 Å². The number of ether oxygens (including phenoxy) is 2. The monoisotopic (exact) mass is 192 g/mol. The third-order valence-electron chi connectivity index (χ3n) is 2.57. The Kier molecular flexibility index (Phi) is 2.17. The molecule has 1 heterocycles. The van der Waals surface area contributed by atoms with Gasteiger partial charge in [0.05, 0.1) is 0 Å². The van der Waals surface area contributed by atoms with E-state index in [9.17, 15) is 0 Å². The average Bonchev–Trinajstić information content (AvgIpc) is 2.09. The molecule has 0 amide bonds. The van der Waals surface area contributed by atoms with Gasteiger partial charge in [0.25, 0.3) is 11.5 Å². The van der Waals surface area contributed by atoms with E-state index in [1.807, 2.05) is 39.8 Å². The summed E-state index contributed by atoms with van der Waals surface area (Å²) in [7, 11) is 0. The quantitative estimate of drug-likeness (QED) is 0.587. The zero-order chi connectivity index (χ0) is 11.0. The number of nitrogens with zero attached hydrogens (tertiary/aromatic N) is 2. The summed E-state index contributed by atoms with van der Waals surface area (Å²) in [6.45, 7) is 7.27. The van der Waals surface area contributed by atoms with Crippen LogP contribution in [0.4, 0.5) is 0 Å². The van der Waals surface area contributed by atoms with Crippen LogP contribution in [0.3, 0.4) is 0 Å². The van der Waals surface area contributed by atoms with Crippen molar-refractivity contribution < 1.29 is 9.47 Å². The molecule has 74 valence electrons. The summed E-state index contributed by atoms with van der Waals surface area (Å²) in [6, 6.07) is 3.62. The lowest BCUT2D eigenvalue weighted by Crippen LogP contribution is -2.51. The maximum absolute atomic E-state index is 8.73. The Morgan fingerprint density at radius 1 is 0.857 bits per heavy atom. The number of hydrogen-bond acceptors (Lipinski definition) is 4. The number of allylic oxidation sites excluding steroid dienone is 2. The number of rotatable bonds is 0. The largest absolute Gasteiger partial charge is 0.470 e. The summed E-state index contributed by atoms with van der Waals surface area (Å²) in [5, 5.41) is 17.5. The van der Waals surface area contributed by atoms with Gasteiger partial charge < -0.3 is 9.47 Å². The molecule has 0 radical (unpaired) electrons. The van der Waals surface area contributed by atoms with Gasteiger partial charge >= 0.3 is 0 Å². The van der Waals surface area contributed by atoms with Gasteiger partial charge in [-0.25, -0.2) is 0 Å². The summed E-state index contributed by atoms with van der Waals surface area (Å²) in [6.07, 6.45) is 0. The van der Waals surface area contributed by atoms with E-state index in [1.54, 1.807) is 0 Å². The van der Waals surface area contributed by atoms with Gasteiger partial charge in [0.15, 0.2) is 0 Å². The second-order valence-electron chi connectivity index (χ2n) is 4.11. The maximum Gasteiger partial charge on any atom is 0.252 e. The van der Waals surface area contributed by atoms with Crippen molar-refractivity contribution >= 4 is 0 Å². The average molecular weight is 192 g/mol. The summed E-state index contributed by atoms with van der Waals surface area (Å²) < 4.78 is 10.8. The Morgan fingerprint density at radius 2 is 1.14 bits per heavy atom. The molecule has 0 unspecified atom stereocenters. The molecule has 0 spiro atoms. The molecule has 1 aliphatic rings. The second kappa shape index (κ2) is 2.92. The van der Waals surface area contributed by atoms with Gasteiger partial charge in [0.1, 0.15) is 23.3 Å². The molecule has 0 aliphatic carbocycles. The minimum Gasteiger partial charge on any atom is -0.470 e. The van der Waals surface area contributed by atoms with Gasteiger partial charge in [0, 0.05) is 0 Å². The molecule has 0 atom stereocenters. The van der Waals surface area contributed by atoms with Crippen LogP contribution in [0.2, 0.25) is 0 Å². The lowest BCUT2D eigenvalue weighted by Gasteiger charge is -2.44. The smallest absolute Gasteiger partial charge is 0.252 e. The highest BCUT2D eigenvalue weighted by Gasteiger charge is 2.46. The highest BCUT2D eigenvalue weighted by Crippen LogP contribution is 2.37. The first-order valence-electron chi connectivity index (χ1n) is 4.26. The van der Waals surface area contributed by atoms with Gasteiger partial charge in [-0.05, 0) is 27.7 Å². The lowest BCUT2D eigenvalue weighted by atomic mass is 9.88. The fourth-order valence-corrected chi connectivity index (χ4v) is 0.996. The van der Waals surface area contributed by atoms with Gasteiger partial charge in [-0.2, -0.15) is 10.5 Å². The van der Waals surface area contributed by atoms with Crippen molar-refractivity contribution in [3.05, 3.63) is 11.5 Å². The van der Waals surface area contributed by atoms with Crippen LogP contribution in [0.15, 0.2) is 11.5 Å². The molecule has 4 nitrogen and oxygen atoms in total. The molecule has 0 N–H and O–H groups in total. The molecule has 0 bridgehead atoms. The molecule has 1 aliphatic heterocycles. The van der Waals surface area contributed by atoms with Gasteiger partial charge in [0.2, 0.25) is 0 Å². The van der Waals surface area contributed by atoms with Crippen molar-refractivity contribution in [3.8, 4) is 12.1 Å². The topological polar surface area (TPSA) is 66.0 Å². The van der Waals surface area contributed by atoms with Crippen LogP contribution in [0.25, 0.3) is 0 Å². The summed E-state index contributed by atoms with van der Waals surface area (Å²) >= 11 is 0. The van der Waals surface area contributed by atoms with E-state index in [1.165, 1.54) is 0 Å². The maximum atomic E-state index is 8.73. The van der Waals surface area contributed by atoms with Crippen LogP contribution in [0.1, 0.15) is 27.7 Å². The molecule has 0 aromatic carbocycles. The third-order valence-corrected chi connectivity index (χ3v) is 2.57. The van der Waals surface area contributed by atoms with Crippen molar-refractivity contribution in [2.45, 2.75) is 38.9 Å². The van der Waals surface area contributed by atoms with Crippen LogP contribution < -0.4 is 0 Å². The predicted molar refractivity (Wildman–Crippen MR) is 48.6 cm³/mol. The predicted octanol–water partition coefficient (Wildman–Crippen LogP) is 1.85. The Morgan fingerprint density at radius 3 is 1.36 bits per heavy atom. The van der Waals surface area contributed by atoms with E-state index in [0.29, 0.717) is 0 Å². The third kappa shape index (κ3) is 1.40. The Labute approximate surface area is 83.3 Å². The highest BCUT2D eigenvalue weighted by atomic mass is 16.6.